The number of rotatable bonds is 5. The van der Waals surface area contributed by atoms with Crippen molar-refractivity contribution in [3.63, 3.8) is 0 Å². The summed E-state index contributed by atoms with van der Waals surface area (Å²) in [6.45, 7) is 3.98. The highest BCUT2D eigenvalue weighted by Crippen LogP contribution is 2.41. The number of hydrogen-bond acceptors (Lipinski definition) is 6. The van der Waals surface area contributed by atoms with E-state index in [0.29, 0.717) is 22.4 Å². The van der Waals surface area contributed by atoms with Gasteiger partial charge in [0.05, 0.1) is 17.6 Å². The molecular weight excluding hydrogens is 462 g/mol. The number of piperidine rings is 1. The van der Waals surface area contributed by atoms with Crippen LogP contribution in [0.3, 0.4) is 0 Å². The summed E-state index contributed by atoms with van der Waals surface area (Å²) in [7, 11) is 0. The van der Waals surface area contributed by atoms with Crippen LogP contribution in [0.15, 0.2) is 65.7 Å². The quantitative estimate of drug-likeness (QED) is 0.309. The van der Waals surface area contributed by atoms with E-state index in [9.17, 15) is 0 Å². The molecule has 1 aliphatic rings. The van der Waals surface area contributed by atoms with Crippen LogP contribution in [0.2, 0.25) is 5.02 Å². The van der Waals surface area contributed by atoms with E-state index in [0.717, 1.165) is 58.8 Å². The number of nitrogens with zero attached hydrogens (tertiary/aromatic N) is 3. The average Bonchev–Trinajstić information content (AvgIpc) is 3.53. The minimum absolute atomic E-state index is 0.270. The van der Waals surface area contributed by atoms with Crippen molar-refractivity contribution < 1.29 is 9.15 Å². The molecule has 2 aromatic carbocycles. The number of nitrogen functional groups attached to an aromatic ring is 1. The summed E-state index contributed by atoms with van der Waals surface area (Å²) in [4.78, 5) is 4.42. The van der Waals surface area contributed by atoms with Gasteiger partial charge in [-0.2, -0.15) is 5.10 Å². The van der Waals surface area contributed by atoms with Gasteiger partial charge < -0.3 is 20.2 Å². The minimum Gasteiger partial charge on any atom is -0.478 e. The number of ether oxygens (including phenoxy) is 1. The van der Waals surface area contributed by atoms with Gasteiger partial charge in [-0.3, -0.25) is 4.68 Å². The molecule has 4 heterocycles. The number of furan rings is 1. The van der Waals surface area contributed by atoms with Gasteiger partial charge >= 0.3 is 0 Å². The molecular formula is C27H26ClN5O2. The minimum atomic E-state index is -0.375. The predicted molar refractivity (Wildman–Crippen MR) is 139 cm³/mol. The SMILES string of the molecule is CC(Oc1c(N)ncc2c(-c3cnn(C4CCNCC4)c3)coc12)c1c(Cl)ccc2ccccc12. The number of nitrogens with one attached hydrogen (secondary N) is 1. The smallest absolute Gasteiger partial charge is 0.205 e. The summed E-state index contributed by atoms with van der Waals surface area (Å²) in [6.07, 6.45) is 9.17. The Hall–Kier alpha value is -3.55. The largest absolute Gasteiger partial charge is 0.478 e. The molecule has 3 aromatic heterocycles. The number of anilines is 1. The number of fused-ring (bicyclic) bond motifs is 2. The van der Waals surface area contributed by atoms with Gasteiger partial charge in [0.25, 0.3) is 0 Å². The van der Waals surface area contributed by atoms with Crippen LogP contribution < -0.4 is 15.8 Å². The lowest BCUT2D eigenvalue weighted by Gasteiger charge is -2.22. The Kier molecular flexibility index (Phi) is 5.59. The number of benzene rings is 2. The van der Waals surface area contributed by atoms with Gasteiger partial charge in [-0.15, -0.1) is 0 Å². The molecule has 178 valence electrons. The fourth-order valence-electron chi connectivity index (χ4n) is 4.98. The number of nitrogens with two attached hydrogens (primary N) is 1. The summed E-state index contributed by atoms with van der Waals surface area (Å²) >= 11 is 6.61. The summed E-state index contributed by atoms with van der Waals surface area (Å²) in [5.74, 6) is 0.683. The third-order valence-electron chi connectivity index (χ3n) is 6.81. The molecule has 0 radical (unpaired) electrons. The fourth-order valence-corrected chi connectivity index (χ4v) is 5.30. The maximum absolute atomic E-state index is 6.61. The Morgan fingerprint density at radius 1 is 1.14 bits per heavy atom. The average molecular weight is 488 g/mol. The van der Waals surface area contributed by atoms with Crippen LogP contribution in [0.5, 0.6) is 5.75 Å². The molecule has 7 nitrogen and oxygen atoms in total. The van der Waals surface area contributed by atoms with Crippen LogP contribution in [0, 0.1) is 0 Å². The second-order valence-electron chi connectivity index (χ2n) is 9.00. The first-order valence-electron chi connectivity index (χ1n) is 11.8. The molecule has 8 heteroatoms. The van der Waals surface area contributed by atoms with Gasteiger partial charge in [0.2, 0.25) is 5.75 Å². The lowest BCUT2D eigenvalue weighted by atomic mass is 10.0. The highest BCUT2D eigenvalue weighted by Gasteiger charge is 2.23. The van der Waals surface area contributed by atoms with Crippen molar-refractivity contribution in [3.05, 3.63) is 71.8 Å². The van der Waals surface area contributed by atoms with Crippen molar-refractivity contribution in [3.8, 4) is 16.9 Å². The first-order chi connectivity index (χ1) is 17.1. The van der Waals surface area contributed by atoms with Crippen LogP contribution in [0.1, 0.15) is 37.5 Å². The molecule has 1 fully saturated rings. The molecule has 6 rings (SSSR count). The molecule has 0 bridgehead atoms. The second kappa shape index (κ2) is 8.91. The van der Waals surface area contributed by atoms with Crippen LogP contribution in [0.25, 0.3) is 32.9 Å². The molecule has 0 spiro atoms. The van der Waals surface area contributed by atoms with Gasteiger partial charge in [0.1, 0.15) is 12.4 Å². The van der Waals surface area contributed by atoms with Crippen molar-refractivity contribution in [1.82, 2.24) is 20.1 Å². The van der Waals surface area contributed by atoms with E-state index in [2.05, 4.69) is 32.3 Å². The highest BCUT2D eigenvalue weighted by molar-refractivity contribution is 6.32. The fraction of sp³-hybridized carbons (Fsp3) is 0.259. The zero-order valence-electron chi connectivity index (χ0n) is 19.4. The van der Waals surface area contributed by atoms with Crippen LogP contribution in [0.4, 0.5) is 5.82 Å². The third-order valence-corrected chi connectivity index (χ3v) is 7.14. The first kappa shape index (κ1) is 21.9. The third kappa shape index (κ3) is 3.90. The van der Waals surface area contributed by atoms with E-state index in [1.807, 2.05) is 43.5 Å². The number of hydrogen-bond donors (Lipinski definition) is 2. The molecule has 0 saturated carbocycles. The topological polar surface area (TPSA) is 91.1 Å². The van der Waals surface area contributed by atoms with Gasteiger partial charge in [-0.1, -0.05) is 41.9 Å². The van der Waals surface area contributed by atoms with E-state index in [4.69, 9.17) is 26.5 Å². The summed E-state index contributed by atoms with van der Waals surface area (Å²) in [5.41, 5.74) is 9.61. The summed E-state index contributed by atoms with van der Waals surface area (Å²) in [5, 5.41) is 11.6. The van der Waals surface area contributed by atoms with E-state index in [1.165, 1.54) is 0 Å². The lowest BCUT2D eigenvalue weighted by Crippen LogP contribution is -2.29. The zero-order valence-corrected chi connectivity index (χ0v) is 20.1. The zero-order chi connectivity index (χ0) is 23.9. The van der Waals surface area contributed by atoms with Crippen LogP contribution >= 0.6 is 11.6 Å². The second-order valence-corrected chi connectivity index (χ2v) is 9.40. The molecule has 3 N–H and O–H groups in total. The Bertz CT molecular complexity index is 1520. The molecule has 1 unspecified atom stereocenters. The molecule has 1 saturated heterocycles. The summed E-state index contributed by atoms with van der Waals surface area (Å²) in [6, 6.07) is 12.4. The molecule has 0 aliphatic carbocycles. The van der Waals surface area contributed by atoms with E-state index in [-0.39, 0.29) is 11.9 Å². The summed E-state index contributed by atoms with van der Waals surface area (Å²) < 4.78 is 14.4. The molecule has 5 aromatic rings. The van der Waals surface area contributed by atoms with Crippen molar-refractivity contribution in [2.45, 2.75) is 31.9 Å². The van der Waals surface area contributed by atoms with Gasteiger partial charge in [-0.25, -0.2) is 4.98 Å². The number of pyridine rings is 1. The number of aromatic nitrogens is 3. The lowest BCUT2D eigenvalue weighted by molar-refractivity contribution is 0.229. The first-order valence-corrected chi connectivity index (χ1v) is 12.2. The molecule has 1 atom stereocenters. The monoisotopic (exact) mass is 487 g/mol. The van der Waals surface area contributed by atoms with Gasteiger partial charge in [0.15, 0.2) is 11.4 Å². The van der Waals surface area contributed by atoms with Crippen molar-refractivity contribution in [2.75, 3.05) is 18.8 Å². The van der Waals surface area contributed by atoms with E-state index >= 15 is 0 Å². The Morgan fingerprint density at radius 3 is 2.83 bits per heavy atom. The van der Waals surface area contributed by atoms with Crippen molar-refractivity contribution >= 4 is 39.2 Å². The maximum atomic E-state index is 6.61. The van der Waals surface area contributed by atoms with Crippen LogP contribution in [-0.2, 0) is 0 Å². The molecule has 0 amide bonds. The molecule has 1 aliphatic heterocycles. The predicted octanol–water partition coefficient (Wildman–Crippen LogP) is 6.14. The van der Waals surface area contributed by atoms with Gasteiger partial charge in [-0.05, 0) is 49.7 Å². The normalized spacial score (nSPS) is 15.6. The maximum Gasteiger partial charge on any atom is 0.205 e. The standard InChI is InChI=1S/C27H26ClN5O2/c1-16(24-20-5-3-2-4-17(20)6-7-23(24)28)35-26-25-21(13-31-27(26)29)22(15-34-25)18-12-32-33(14-18)19-8-10-30-11-9-19/h2-7,12-16,19,30H,8-11H2,1H3,(H2,29,31). The van der Waals surface area contributed by atoms with Gasteiger partial charge in [0, 0.05) is 34.1 Å². The van der Waals surface area contributed by atoms with E-state index in [1.54, 1.807) is 12.5 Å². The molecule has 35 heavy (non-hydrogen) atoms. The Labute approximate surface area is 207 Å². The Morgan fingerprint density at radius 2 is 1.97 bits per heavy atom. The highest BCUT2D eigenvalue weighted by atomic mass is 35.5. The van der Waals surface area contributed by atoms with Crippen molar-refractivity contribution in [2.24, 2.45) is 0 Å². The Balaban J connectivity index is 1.36. The number of halogens is 1. The van der Waals surface area contributed by atoms with Crippen molar-refractivity contribution in [1.29, 1.82) is 0 Å². The van der Waals surface area contributed by atoms with E-state index < -0.39 is 0 Å². The van der Waals surface area contributed by atoms with Crippen LogP contribution in [-0.4, -0.2) is 27.9 Å².